The predicted molar refractivity (Wildman–Crippen MR) is 131 cm³/mol. The monoisotopic (exact) mass is 480 g/mol. The molecule has 0 aromatic heterocycles. The van der Waals surface area contributed by atoms with Crippen LogP contribution >= 0.6 is 0 Å². The predicted octanol–water partition coefficient (Wildman–Crippen LogP) is 3.57. The van der Waals surface area contributed by atoms with Crippen molar-refractivity contribution in [3.05, 3.63) is 72.8 Å². The number of aliphatic hydroxyl groups is 2. The van der Waals surface area contributed by atoms with Gasteiger partial charge in [-0.05, 0) is 70.1 Å². The Hall–Kier alpha value is -3.56. The van der Waals surface area contributed by atoms with Gasteiger partial charge in [0.25, 0.3) is 0 Å². The first kappa shape index (κ1) is 24.6. The van der Waals surface area contributed by atoms with Crippen molar-refractivity contribution < 1.29 is 39.4 Å². The lowest BCUT2D eigenvalue weighted by Gasteiger charge is -2.15. The van der Waals surface area contributed by atoms with Gasteiger partial charge in [0.15, 0.2) is 0 Å². The summed E-state index contributed by atoms with van der Waals surface area (Å²) in [7, 11) is 0. The van der Waals surface area contributed by atoms with Crippen molar-refractivity contribution in [3.8, 4) is 23.0 Å². The molecular weight excluding hydrogens is 452 g/mol. The molecule has 0 aliphatic rings. The van der Waals surface area contributed by atoms with Crippen molar-refractivity contribution in [2.24, 2.45) is 0 Å². The van der Waals surface area contributed by atoms with Crippen LogP contribution in [0, 0.1) is 0 Å². The summed E-state index contributed by atoms with van der Waals surface area (Å²) in [4.78, 5) is 0. The summed E-state index contributed by atoms with van der Waals surface area (Å²) in [5.41, 5.74) is 0. The zero-order chi connectivity index (χ0) is 24.6. The average molecular weight is 481 g/mol. The highest BCUT2D eigenvalue weighted by atomic mass is 16.7. The van der Waals surface area contributed by atoms with Crippen LogP contribution in [0.15, 0.2) is 72.8 Å². The third kappa shape index (κ3) is 7.21. The number of benzene rings is 4. The van der Waals surface area contributed by atoms with Gasteiger partial charge in [-0.3, -0.25) is 0 Å². The molecule has 0 saturated carbocycles. The van der Waals surface area contributed by atoms with Gasteiger partial charge in [-0.2, -0.15) is 0 Å². The SMILES string of the molecule is Oc1ccc2cc(OCC(O)COCOCC(O)COc3ccc4cc(O)ccc4c3)ccc2c1. The quantitative estimate of drug-likeness (QED) is 0.180. The van der Waals surface area contributed by atoms with E-state index in [4.69, 9.17) is 18.9 Å². The summed E-state index contributed by atoms with van der Waals surface area (Å²) >= 11 is 0. The molecule has 0 saturated heterocycles. The summed E-state index contributed by atoms with van der Waals surface area (Å²) in [5, 5.41) is 42.8. The number of rotatable bonds is 12. The van der Waals surface area contributed by atoms with E-state index in [1.807, 2.05) is 24.3 Å². The maximum Gasteiger partial charge on any atom is 0.146 e. The molecule has 8 heteroatoms. The van der Waals surface area contributed by atoms with Gasteiger partial charge in [0.05, 0.1) is 13.2 Å². The summed E-state index contributed by atoms with van der Waals surface area (Å²) < 4.78 is 21.8. The summed E-state index contributed by atoms with van der Waals surface area (Å²) in [5.74, 6) is 1.61. The zero-order valence-electron chi connectivity index (χ0n) is 19.0. The Morgan fingerprint density at radius 2 is 0.914 bits per heavy atom. The third-order valence-electron chi connectivity index (χ3n) is 5.26. The summed E-state index contributed by atoms with van der Waals surface area (Å²) in [6.07, 6.45) is -1.70. The summed E-state index contributed by atoms with van der Waals surface area (Å²) in [6.45, 7) is 0.0330. The standard InChI is InChI=1S/C27H28O8/c28-22-5-1-20-11-26(7-3-18(20)9-22)34-15-24(30)13-32-17-33-14-25(31)16-35-27-8-4-19-10-23(29)6-2-21(19)12-27/h1-12,24-25,28-31H,13-17H2. The topological polar surface area (TPSA) is 118 Å². The maximum absolute atomic E-state index is 10.0. The fourth-order valence-electron chi connectivity index (χ4n) is 3.51. The highest BCUT2D eigenvalue weighted by Gasteiger charge is 2.09. The molecule has 0 radical (unpaired) electrons. The highest BCUT2D eigenvalue weighted by molar-refractivity contribution is 5.85. The fraction of sp³-hybridized carbons (Fsp3) is 0.259. The molecule has 184 valence electrons. The smallest absolute Gasteiger partial charge is 0.146 e. The molecule has 2 unspecified atom stereocenters. The third-order valence-corrected chi connectivity index (χ3v) is 5.26. The van der Waals surface area contributed by atoms with E-state index in [2.05, 4.69) is 0 Å². The highest BCUT2D eigenvalue weighted by Crippen LogP contribution is 2.25. The summed E-state index contributed by atoms with van der Waals surface area (Å²) in [6, 6.07) is 21.0. The van der Waals surface area contributed by atoms with E-state index in [1.165, 1.54) is 0 Å². The number of phenolic OH excluding ortho intramolecular Hbond substituents is 2. The second-order valence-corrected chi connectivity index (χ2v) is 8.18. The van der Waals surface area contributed by atoms with Gasteiger partial charge >= 0.3 is 0 Å². The van der Waals surface area contributed by atoms with Gasteiger partial charge < -0.3 is 39.4 Å². The van der Waals surface area contributed by atoms with E-state index in [9.17, 15) is 20.4 Å². The Bertz CT molecular complexity index is 1160. The molecule has 4 aromatic carbocycles. The Morgan fingerprint density at radius 1 is 0.514 bits per heavy atom. The normalized spacial score (nSPS) is 13.1. The molecule has 4 N–H and O–H groups in total. The Balaban J connectivity index is 1.09. The first-order chi connectivity index (χ1) is 17.0. The Kier molecular flexibility index (Phi) is 8.23. The molecule has 0 aliphatic heterocycles. The van der Waals surface area contributed by atoms with E-state index in [0.29, 0.717) is 11.5 Å². The molecule has 0 spiro atoms. The van der Waals surface area contributed by atoms with Crippen LogP contribution < -0.4 is 9.47 Å². The molecule has 0 fully saturated rings. The van der Waals surface area contributed by atoms with Crippen LogP contribution in [-0.4, -0.2) is 65.9 Å². The van der Waals surface area contributed by atoms with Crippen LogP contribution in [0.1, 0.15) is 0 Å². The van der Waals surface area contributed by atoms with E-state index < -0.39 is 12.2 Å². The van der Waals surface area contributed by atoms with Crippen molar-refractivity contribution >= 4 is 21.5 Å². The van der Waals surface area contributed by atoms with Crippen LogP contribution in [0.4, 0.5) is 0 Å². The zero-order valence-corrected chi connectivity index (χ0v) is 19.0. The lowest BCUT2D eigenvalue weighted by molar-refractivity contribution is -0.104. The van der Waals surface area contributed by atoms with Crippen molar-refractivity contribution in [2.45, 2.75) is 12.2 Å². The first-order valence-electron chi connectivity index (χ1n) is 11.2. The van der Waals surface area contributed by atoms with Gasteiger partial charge in [0, 0.05) is 0 Å². The van der Waals surface area contributed by atoms with Crippen LogP contribution in [-0.2, 0) is 9.47 Å². The molecule has 4 rings (SSSR count). The average Bonchev–Trinajstić information content (AvgIpc) is 2.86. The molecule has 0 amide bonds. The second-order valence-electron chi connectivity index (χ2n) is 8.18. The lowest BCUT2D eigenvalue weighted by atomic mass is 10.1. The molecule has 35 heavy (non-hydrogen) atoms. The minimum atomic E-state index is -0.850. The fourth-order valence-corrected chi connectivity index (χ4v) is 3.51. The van der Waals surface area contributed by atoms with E-state index in [0.717, 1.165) is 21.5 Å². The van der Waals surface area contributed by atoms with Gasteiger partial charge in [0.2, 0.25) is 0 Å². The van der Waals surface area contributed by atoms with E-state index in [1.54, 1.807) is 48.5 Å². The van der Waals surface area contributed by atoms with Crippen molar-refractivity contribution in [2.75, 3.05) is 33.2 Å². The molecule has 0 heterocycles. The van der Waals surface area contributed by atoms with Gasteiger partial charge in [-0.1, -0.05) is 24.3 Å². The molecule has 4 aromatic rings. The number of aromatic hydroxyl groups is 2. The van der Waals surface area contributed by atoms with Gasteiger partial charge in [-0.15, -0.1) is 0 Å². The van der Waals surface area contributed by atoms with E-state index >= 15 is 0 Å². The van der Waals surface area contributed by atoms with Crippen molar-refractivity contribution in [3.63, 3.8) is 0 Å². The first-order valence-corrected chi connectivity index (χ1v) is 11.2. The number of aliphatic hydroxyl groups excluding tert-OH is 2. The minimum Gasteiger partial charge on any atom is -0.508 e. The van der Waals surface area contributed by atoms with Crippen LogP contribution in [0.2, 0.25) is 0 Å². The Morgan fingerprint density at radius 3 is 1.37 bits per heavy atom. The van der Waals surface area contributed by atoms with Gasteiger partial charge in [0.1, 0.15) is 55.2 Å². The van der Waals surface area contributed by atoms with Gasteiger partial charge in [-0.25, -0.2) is 0 Å². The second kappa shape index (κ2) is 11.7. The number of phenols is 2. The number of hydrogen-bond acceptors (Lipinski definition) is 8. The molecule has 2 atom stereocenters. The minimum absolute atomic E-state index is 0.0146. The van der Waals surface area contributed by atoms with Crippen LogP contribution in [0.5, 0.6) is 23.0 Å². The van der Waals surface area contributed by atoms with Crippen molar-refractivity contribution in [1.82, 2.24) is 0 Å². The molecule has 0 bridgehead atoms. The number of fused-ring (bicyclic) bond motifs is 2. The Labute approximate surface area is 202 Å². The van der Waals surface area contributed by atoms with Crippen LogP contribution in [0.3, 0.4) is 0 Å². The number of hydrogen-bond donors (Lipinski definition) is 4. The largest absolute Gasteiger partial charge is 0.508 e. The maximum atomic E-state index is 10.0. The lowest BCUT2D eigenvalue weighted by Crippen LogP contribution is -2.26. The molecule has 0 aliphatic carbocycles. The van der Waals surface area contributed by atoms with E-state index in [-0.39, 0.29) is 44.7 Å². The molecular formula is C27H28O8. The van der Waals surface area contributed by atoms with Crippen LogP contribution in [0.25, 0.3) is 21.5 Å². The molecule has 8 nitrogen and oxygen atoms in total. The number of ether oxygens (including phenoxy) is 4. The van der Waals surface area contributed by atoms with Crippen molar-refractivity contribution in [1.29, 1.82) is 0 Å².